The summed E-state index contributed by atoms with van der Waals surface area (Å²) in [5, 5.41) is 5.44. The first-order valence-corrected chi connectivity index (χ1v) is 12.5. The molecule has 4 fully saturated rings. The molecule has 4 aliphatic carbocycles. The quantitative estimate of drug-likeness (QED) is 0.645. The molecule has 0 saturated heterocycles. The van der Waals surface area contributed by atoms with Crippen molar-refractivity contribution >= 4 is 28.3 Å². The first-order valence-electron chi connectivity index (χ1n) is 11.6. The summed E-state index contributed by atoms with van der Waals surface area (Å²) in [4.78, 5) is 35.2. The van der Waals surface area contributed by atoms with Crippen molar-refractivity contribution < 1.29 is 9.59 Å². The van der Waals surface area contributed by atoms with E-state index in [2.05, 4.69) is 29.0 Å². The van der Waals surface area contributed by atoms with E-state index in [1.165, 1.54) is 30.6 Å². The van der Waals surface area contributed by atoms with E-state index < -0.39 is 0 Å². The lowest BCUT2D eigenvalue weighted by Crippen LogP contribution is -2.56. The molecule has 6 nitrogen and oxygen atoms in total. The highest BCUT2D eigenvalue weighted by atomic mass is 32.1. The minimum absolute atomic E-state index is 0.125. The van der Waals surface area contributed by atoms with Gasteiger partial charge < -0.3 is 15.1 Å². The smallest absolute Gasteiger partial charge is 0.245 e. The van der Waals surface area contributed by atoms with Crippen molar-refractivity contribution in [3.63, 3.8) is 0 Å². The summed E-state index contributed by atoms with van der Waals surface area (Å²) >= 11 is 1.43. The van der Waals surface area contributed by atoms with Crippen LogP contribution in [0.25, 0.3) is 0 Å². The highest BCUT2D eigenvalue weighted by Crippen LogP contribution is 2.60. The van der Waals surface area contributed by atoms with Gasteiger partial charge in [0.15, 0.2) is 5.13 Å². The topological polar surface area (TPSA) is 65.5 Å². The normalized spacial score (nSPS) is 29.4. The second kappa shape index (κ2) is 8.95. The summed E-state index contributed by atoms with van der Waals surface area (Å²) in [5.74, 6) is 2.26. The van der Waals surface area contributed by atoms with Crippen LogP contribution in [-0.2, 0) is 9.59 Å². The van der Waals surface area contributed by atoms with Crippen LogP contribution in [0.4, 0.5) is 5.13 Å². The molecule has 0 aromatic carbocycles. The molecule has 4 saturated carbocycles. The molecule has 0 atom stereocenters. The molecular weight excluding hydrogens is 396 g/mol. The molecule has 4 bridgehead atoms. The molecule has 0 spiro atoms. The summed E-state index contributed by atoms with van der Waals surface area (Å²) < 4.78 is 0. The highest BCUT2D eigenvalue weighted by molar-refractivity contribution is 7.13. The number of aromatic nitrogens is 1. The highest BCUT2D eigenvalue weighted by Gasteiger charge is 2.55. The molecule has 2 amide bonds. The van der Waals surface area contributed by atoms with Gasteiger partial charge in [-0.15, -0.1) is 11.3 Å². The van der Waals surface area contributed by atoms with Gasteiger partial charge in [-0.25, -0.2) is 4.98 Å². The lowest BCUT2D eigenvalue weighted by Gasteiger charge is -2.56. The first kappa shape index (κ1) is 21.8. The Kier molecular flexibility index (Phi) is 6.49. The first-order chi connectivity index (χ1) is 14.4. The van der Waals surface area contributed by atoms with Crippen LogP contribution in [0, 0.1) is 30.1 Å². The van der Waals surface area contributed by atoms with Crippen molar-refractivity contribution in [1.29, 1.82) is 0 Å². The van der Waals surface area contributed by atoms with Crippen LogP contribution in [-0.4, -0.2) is 59.3 Å². The molecule has 0 radical (unpaired) electrons. The summed E-state index contributed by atoms with van der Waals surface area (Å²) in [6, 6.07) is 0. The largest absolute Gasteiger partial charge is 0.332 e. The summed E-state index contributed by atoms with van der Waals surface area (Å²) in [5.41, 5.74) is 0.689. The molecule has 5 rings (SSSR count). The Morgan fingerprint density at radius 3 is 2.20 bits per heavy atom. The van der Waals surface area contributed by atoms with Gasteiger partial charge in [0.25, 0.3) is 0 Å². The van der Waals surface area contributed by atoms with E-state index in [9.17, 15) is 9.59 Å². The van der Waals surface area contributed by atoms with Crippen molar-refractivity contribution in [2.24, 2.45) is 23.2 Å². The van der Waals surface area contributed by atoms with Crippen molar-refractivity contribution in [2.75, 3.05) is 38.0 Å². The van der Waals surface area contributed by atoms with Crippen LogP contribution in [0.2, 0.25) is 0 Å². The molecule has 4 aliphatic rings. The van der Waals surface area contributed by atoms with Crippen LogP contribution in [0.3, 0.4) is 0 Å². The van der Waals surface area contributed by atoms with Gasteiger partial charge in [0, 0.05) is 18.5 Å². The Labute approximate surface area is 184 Å². The monoisotopic (exact) mass is 432 g/mol. The fraction of sp³-hybridized carbons (Fsp3) is 0.783. The van der Waals surface area contributed by atoms with Crippen LogP contribution < -0.4 is 5.32 Å². The SMILES string of the molecule is CCN(CC)CCN(CC(=O)Nc1nc(C)cs1)C(=O)C12CC3CC(CC(C3)C1)C2. The minimum Gasteiger partial charge on any atom is -0.332 e. The maximum absolute atomic E-state index is 13.9. The number of rotatable bonds is 9. The number of hydrogen-bond acceptors (Lipinski definition) is 5. The number of nitrogens with zero attached hydrogens (tertiary/aromatic N) is 3. The molecule has 0 aliphatic heterocycles. The van der Waals surface area contributed by atoms with Gasteiger partial charge in [0.2, 0.25) is 11.8 Å². The maximum Gasteiger partial charge on any atom is 0.245 e. The molecule has 1 heterocycles. The average Bonchev–Trinajstić information content (AvgIpc) is 3.10. The van der Waals surface area contributed by atoms with Crippen molar-refractivity contribution in [3.05, 3.63) is 11.1 Å². The number of hydrogen-bond donors (Lipinski definition) is 1. The summed E-state index contributed by atoms with van der Waals surface area (Å²) in [6.45, 7) is 9.68. The number of aryl methyl sites for hydroxylation is 1. The number of carbonyl (C=O) groups is 2. The molecule has 1 N–H and O–H groups in total. The van der Waals surface area contributed by atoms with Crippen LogP contribution >= 0.6 is 11.3 Å². The van der Waals surface area contributed by atoms with E-state index in [0.717, 1.165) is 62.3 Å². The Morgan fingerprint density at radius 1 is 1.10 bits per heavy atom. The maximum atomic E-state index is 13.9. The van der Waals surface area contributed by atoms with Crippen molar-refractivity contribution in [3.8, 4) is 0 Å². The van der Waals surface area contributed by atoms with Crippen molar-refractivity contribution in [1.82, 2.24) is 14.8 Å². The number of thiazole rings is 1. The van der Waals surface area contributed by atoms with Crippen molar-refractivity contribution in [2.45, 2.75) is 59.3 Å². The van der Waals surface area contributed by atoms with Gasteiger partial charge in [0.1, 0.15) is 0 Å². The number of anilines is 1. The molecule has 0 unspecified atom stereocenters. The summed E-state index contributed by atoms with van der Waals surface area (Å²) in [7, 11) is 0. The van der Waals surface area contributed by atoms with E-state index in [-0.39, 0.29) is 23.8 Å². The van der Waals surface area contributed by atoms with Gasteiger partial charge >= 0.3 is 0 Å². The predicted octanol–water partition coefficient (Wildman–Crippen LogP) is 3.78. The van der Waals surface area contributed by atoms with E-state index in [1.807, 2.05) is 17.2 Å². The zero-order chi connectivity index (χ0) is 21.3. The van der Waals surface area contributed by atoms with Crippen LogP contribution in [0.1, 0.15) is 58.1 Å². The number of likely N-dealkylation sites (N-methyl/N-ethyl adjacent to an activating group) is 1. The van der Waals surface area contributed by atoms with E-state index >= 15 is 0 Å². The molecule has 166 valence electrons. The molecule has 1 aromatic heterocycles. The third-order valence-corrected chi connectivity index (χ3v) is 8.44. The summed E-state index contributed by atoms with van der Waals surface area (Å²) in [6.07, 6.45) is 7.05. The van der Waals surface area contributed by atoms with E-state index in [0.29, 0.717) is 11.7 Å². The van der Waals surface area contributed by atoms with E-state index in [4.69, 9.17) is 0 Å². The number of nitrogens with one attached hydrogen (secondary N) is 1. The van der Waals surface area contributed by atoms with Gasteiger partial charge in [-0.3, -0.25) is 9.59 Å². The third-order valence-electron chi connectivity index (χ3n) is 7.56. The Hall–Kier alpha value is -1.47. The van der Waals surface area contributed by atoms with E-state index in [1.54, 1.807) is 0 Å². The molecule has 7 heteroatoms. The molecule has 1 aromatic rings. The fourth-order valence-electron chi connectivity index (χ4n) is 6.51. The lowest BCUT2D eigenvalue weighted by molar-refractivity contribution is -0.159. The number of amides is 2. The van der Waals surface area contributed by atoms with Crippen LogP contribution in [0.5, 0.6) is 0 Å². The van der Waals surface area contributed by atoms with Gasteiger partial charge in [-0.05, 0) is 76.3 Å². The average molecular weight is 433 g/mol. The number of carbonyl (C=O) groups excluding carboxylic acids is 2. The zero-order valence-corrected chi connectivity index (χ0v) is 19.5. The van der Waals surface area contributed by atoms with Gasteiger partial charge in [-0.1, -0.05) is 13.8 Å². The standard InChI is InChI=1S/C23H36N4O2S/c1-4-26(5-2)6-7-27(14-20(28)25-22-24-16(3)15-30-22)21(29)23-11-17-8-18(12-23)10-19(9-17)13-23/h15,17-19H,4-14H2,1-3H3,(H,24,25,28). The Balaban J connectivity index is 1.47. The van der Waals surface area contributed by atoms with Gasteiger partial charge in [-0.2, -0.15) is 0 Å². The fourth-order valence-corrected chi connectivity index (χ4v) is 7.21. The van der Waals surface area contributed by atoms with Gasteiger partial charge in [0.05, 0.1) is 17.7 Å². The Bertz CT molecular complexity index is 738. The Morgan fingerprint density at radius 2 is 1.70 bits per heavy atom. The second-order valence-corrected chi connectivity index (χ2v) is 10.7. The van der Waals surface area contributed by atoms with Crippen LogP contribution in [0.15, 0.2) is 5.38 Å². The molecular formula is C23H36N4O2S. The second-order valence-electron chi connectivity index (χ2n) is 9.79. The molecule has 30 heavy (non-hydrogen) atoms. The minimum atomic E-state index is -0.212. The third kappa shape index (κ3) is 4.57. The zero-order valence-electron chi connectivity index (χ0n) is 18.7. The predicted molar refractivity (Wildman–Crippen MR) is 120 cm³/mol. The lowest BCUT2D eigenvalue weighted by atomic mass is 9.49.